The van der Waals surface area contributed by atoms with Crippen molar-refractivity contribution in [3.8, 4) is 11.3 Å². The SMILES string of the molecule is C=CCn1c(CCC)nc(-c2ccc(C)c(C)c2)c1N. The van der Waals surface area contributed by atoms with Gasteiger partial charge in [0.25, 0.3) is 0 Å². The van der Waals surface area contributed by atoms with Gasteiger partial charge in [0.05, 0.1) is 0 Å². The molecular weight excluding hydrogens is 246 g/mol. The highest BCUT2D eigenvalue weighted by Gasteiger charge is 2.15. The zero-order valence-electron chi connectivity index (χ0n) is 12.6. The van der Waals surface area contributed by atoms with Crippen molar-refractivity contribution in [2.75, 3.05) is 5.73 Å². The number of hydrogen-bond acceptors (Lipinski definition) is 2. The quantitative estimate of drug-likeness (QED) is 0.837. The number of nitrogens with zero attached hydrogens (tertiary/aromatic N) is 2. The molecule has 0 amide bonds. The number of nitrogens with two attached hydrogens (primary N) is 1. The number of rotatable bonds is 5. The van der Waals surface area contributed by atoms with Crippen LogP contribution >= 0.6 is 0 Å². The van der Waals surface area contributed by atoms with Crippen LogP contribution in [0.5, 0.6) is 0 Å². The van der Waals surface area contributed by atoms with Crippen molar-refractivity contribution in [2.24, 2.45) is 0 Å². The second-order valence-corrected chi connectivity index (χ2v) is 5.21. The minimum absolute atomic E-state index is 0.707. The number of aryl methyl sites for hydroxylation is 3. The summed E-state index contributed by atoms with van der Waals surface area (Å²) in [5, 5.41) is 0. The Morgan fingerprint density at radius 2 is 2.05 bits per heavy atom. The van der Waals surface area contributed by atoms with Gasteiger partial charge in [-0.15, -0.1) is 6.58 Å². The van der Waals surface area contributed by atoms with Gasteiger partial charge in [0.2, 0.25) is 0 Å². The fourth-order valence-electron chi connectivity index (χ4n) is 2.36. The average Bonchev–Trinajstić information content (AvgIpc) is 2.72. The lowest BCUT2D eigenvalue weighted by atomic mass is 10.0. The second kappa shape index (κ2) is 5.95. The van der Waals surface area contributed by atoms with Crippen LogP contribution in [-0.4, -0.2) is 9.55 Å². The van der Waals surface area contributed by atoms with Crippen LogP contribution in [0.1, 0.15) is 30.3 Å². The van der Waals surface area contributed by atoms with E-state index >= 15 is 0 Å². The molecule has 3 heteroatoms. The third-order valence-corrected chi connectivity index (χ3v) is 3.65. The monoisotopic (exact) mass is 269 g/mol. The topological polar surface area (TPSA) is 43.8 Å². The second-order valence-electron chi connectivity index (χ2n) is 5.21. The van der Waals surface area contributed by atoms with E-state index in [-0.39, 0.29) is 0 Å². The Bertz CT molecular complexity index is 623. The molecule has 0 aliphatic heterocycles. The fourth-order valence-corrected chi connectivity index (χ4v) is 2.36. The summed E-state index contributed by atoms with van der Waals surface area (Å²) in [5.41, 5.74) is 10.8. The van der Waals surface area contributed by atoms with E-state index in [0.29, 0.717) is 6.54 Å². The van der Waals surface area contributed by atoms with Gasteiger partial charge in [-0.3, -0.25) is 0 Å². The number of hydrogen-bond donors (Lipinski definition) is 1. The minimum atomic E-state index is 0.707. The van der Waals surface area contributed by atoms with Crippen LogP contribution in [0.3, 0.4) is 0 Å². The molecule has 2 rings (SSSR count). The number of nitrogen functional groups attached to an aromatic ring is 1. The Morgan fingerprint density at radius 1 is 1.30 bits per heavy atom. The maximum Gasteiger partial charge on any atom is 0.132 e. The van der Waals surface area contributed by atoms with Crippen molar-refractivity contribution in [3.63, 3.8) is 0 Å². The molecule has 0 radical (unpaired) electrons. The number of imidazole rings is 1. The molecule has 0 atom stereocenters. The van der Waals surface area contributed by atoms with Crippen LogP contribution in [-0.2, 0) is 13.0 Å². The van der Waals surface area contributed by atoms with Gasteiger partial charge in [0, 0.05) is 18.5 Å². The van der Waals surface area contributed by atoms with Crippen molar-refractivity contribution in [3.05, 3.63) is 47.8 Å². The largest absolute Gasteiger partial charge is 0.383 e. The first-order valence-corrected chi connectivity index (χ1v) is 7.11. The van der Waals surface area contributed by atoms with Crippen molar-refractivity contribution in [1.82, 2.24) is 9.55 Å². The van der Waals surface area contributed by atoms with Crippen LogP contribution in [0.2, 0.25) is 0 Å². The highest BCUT2D eigenvalue weighted by molar-refractivity contribution is 5.72. The molecule has 1 heterocycles. The summed E-state index contributed by atoms with van der Waals surface area (Å²) in [6, 6.07) is 6.37. The molecule has 0 fully saturated rings. The van der Waals surface area contributed by atoms with Crippen LogP contribution in [0, 0.1) is 13.8 Å². The normalized spacial score (nSPS) is 10.8. The first kappa shape index (κ1) is 14.4. The molecule has 0 unspecified atom stereocenters. The Hall–Kier alpha value is -2.03. The molecule has 3 nitrogen and oxygen atoms in total. The lowest BCUT2D eigenvalue weighted by molar-refractivity contribution is 0.724. The number of benzene rings is 1. The molecule has 0 spiro atoms. The molecule has 106 valence electrons. The van der Waals surface area contributed by atoms with Gasteiger partial charge in [-0.05, 0) is 37.5 Å². The first-order valence-electron chi connectivity index (χ1n) is 7.11. The zero-order chi connectivity index (χ0) is 14.7. The van der Waals surface area contributed by atoms with Gasteiger partial charge in [-0.25, -0.2) is 4.98 Å². The van der Waals surface area contributed by atoms with E-state index in [1.807, 2.05) is 6.08 Å². The molecule has 2 aromatic rings. The van der Waals surface area contributed by atoms with E-state index in [1.165, 1.54) is 11.1 Å². The molecule has 20 heavy (non-hydrogen) atoms. The van der Waals surface area contributed by atoms with E-state index in [0.717, 1.165) is 35.7 Å². The summed E-state index contributed by atoms with van der Waals surface area (Å²) in [7, 11) is 0. The van der Waals surface area contributed by atoms with E-state index in [4.69, 9.17) is 10.7 Å². The zero-order valence-corrected chi connectivity index (χ0v) is 12.6. The Labute approximate surface area is 121 Å². The lowest BCUT2D eigenvalue weighted by Crippen LogP contribution is -2.05. The summed E-state index contributed by atoms with van der Waals surface area (Å²) in [6.07, 6.45) is 3.85. The number of allylic oxidation sites excluding steroid dienone is 1. The van der Waals surface area contributed by atoms with Crippen molar-refractivity contribution < 1.29 is 0 Å². The summed E-state index contributed by atoms with van der Waals surface area (Å²) >= 11 is 0. The van der Waals surface area contributed by atoms with Crippen LogP contribution in [0.25, 0.3) is 11.3 Å². The standard InChI is InChI=1S/C17H23N3/c1-5-7-15-19-16(17(18)20(15)10-6-2)14-9-8-12(3)13(4)11-14/h6,8-9,11H,2,5,7,10,18H2,1,3-4H3. The minimum Gasteiger partial charge on any atom is -0.383 e. The van der Waals surface area contributed by atoms with Crippen LogP contribution in [0.15, 0.2) is 30.9 Å². The molecule has 1 aromatic carbocycles. The summed E-state index contributed by atoms with van der Waals surface area (Å²) in [4.78, 5) is 4.75. The predicted molar refractivity (Wildman–Crippen MR) is 85.7 cm³/mol. The van der Waals surface area contributed by atoms with Crippen molar-refractivity contribution >= 4 is 5.82 Å². The van der Waals surface area contributed by atoms with Crippen molar-refractivity contribution in [1.29, 1.82) is 0 Å². The maximum atomic E-state index is 6.29. The van der Waals surface area contributed by atoms with Crippen molar-refractivity contribution in [2.45, 2.75) is 40.2 Å². The molecule has 0 aliphatic rings. The summed E-state index contributed by atoms with van der Waals surface area (Å²) in [6.45, 7) is 10.9. The Kier molecular flexibility index (Phi) is 4.28. The van der Waals surface area contributed by atoms with E-state index in [9.17, 15) is 0 Å². The smallest absolute Gasteiger partial charge is 0.132 e. The maximum absolute atomic E-state index is 6.29. The van der Waals surface area contributed by atoms with Gasteiger partial charge < -0.3 is 10.3 Å². The van der Waals surface area contributed by atoms with Gasteiger partial charge in [-0.2, -0.15) is 0 Å². The van der Waals surface area contributed by atoms with Crippen LogP contribution < -0.4 is 5.73 Å². The van der Waals surface area contributed by atoms with Gasteiger partial charge >= 0.3 is 0 Å². The Balaban J connectivity index is 2.53. The lowest BCUT2D eigenvalue weighted by Gasteiger charge is -2.06. The molecule has 0 saturated carbocycles. The van der Waals surface area contributed by atoms with Gasteiger partial charge in [0.15, 0.2) is 0 Å². The van der Waals surface area contributed by atoms with Crippen LogP contribution in [0.4, 0.5) is 5.82 Å². The van der Waals surface area contributed by atoms with E-state index < -0.39 is 0 Å². The molecule has 2 N–H and O–H groups in total. The predicted octanol–water partition coefficient (Wildman–Crippen LogP) is 3.89. The average molecular weight is 269 g/mol. The Morgan fingerprint density at radius 3 is 2.65 bits per heavy atom. The molecule has 0 saturated heterocycles. The molecule has 0 bridgehead atoms. The van der Waals surface area contributed by atoms with E-state index in [2.05, 4.69) is 50.1 Å². The highest BCUT2D eigenvalue weighted by atomic mass is 15.1. The van der Waals surface area contributed by atoms with Gasteiger partial charge in [-0.1, -0.05) is 25.1 Å². The fraction of sp³-hybridized carbons (Fsp3) is 0.353. The first-order chi connectivity index (χ1) is 9.58. The number of aromatic nitrogens is 2. The summed E-state index contributed by atoms with van der Waals surface area (Å²) in [5.74, 6) is 1.77. The highest BCUT2D eigenvalue weighted by Crippen LogP contribution is 2.28. The third kappa shape index (κ3) is 2.62. The molecular formula is C17H23N3. The summed E-state index contributed by atoms with van der Waals surface area (Å²) < 4.78 is 2.06. The molecule has 1 aromatic heterocycles. The number of anilines is 1. The molecule has 0 aliphatic carbocycles. The van der Waals surface area contributed by atoms with Gasteiger partial charge in [0.1, 0.15) is 17.3 Å². The van der Waals surface area contributed by atoms with E-state index in [1.54, 1.807) is 0 Å². The third-order valence-electron chi connectivity index (χ3n) is 3.65.